The van der Waals surface area contributed by atoms with Gasteiger partial charge in [0.05, 0.1) is 0 Å². The minimum atomic E-state index is 0.616. The van der Waals surface area contributed by atoms with Gasteiger partial charge in [-0.3, -0.25) is 0 Å². The lowest BCUT2D eigenvalue weighted by Crippen LogP contribution is -2.28. The smallest absolute Gasteiger partial charge is 0.0631 e. The van der Waals surface area contributed by atoms with E-state index < -0.39 is 0 Å². The standard InChI is InChI=1S/C34H24Si/c1-3-11-26(12-4-1)27-22-19-25(20-23-27)21-24-31-29-15-7-9-17-32(29)34(33-18-10-8-16-30(31)33)35-28-13-5-2-6-14-28/h1-24H/b24-21+. The highest BCUT2D eigenvalue weighted by atomic mass is 28.2. The van der Waals surface area contributed by atoms with E-state index in [9.17, 15) is 0 Å². The van der Waals surface area contributed by atoms with E-state index in [0.717, 1.165) is 0 Å². The Kier molecular flexibility index (Phi) is 5.84. The number of hydrogen-bond donors (Lipinski definition) is 0. The van der Waals surface area contributed by atoms with E-state index in [1.165, 1.54) is 54.2 Å². The van der Waals surface area contributed by atoms with Gasteiger partial charge in [0.1, 0.15) is 9.52 Å². The van der Waals surface area contributed by atoms with Crippen LogP contribution in [-0.4, -0.2) is 9.52 Å². The second-order valence-electron chi connectivity index (χ2n) is 8.69. The summed E-state index contributed by atoms with van der Waals surface area (Å²) in [6.07, 6.45) is 4.53. The molecule has 0 aliphatic heterocycles. The van der Waals surface area contributed by atoms with Crippen molar-refractivity contribution in [2.24, 2.45) is 0 Å². The highest BCUT2D eigenvalue weighted by Gasteiger charge is 2.13. The van der Waals surface area contributed by atoms with E-state index in [4.69, 9.17) is 0 Å². The predicted molar refractivity (Wildman–Crippen MR) is 154 cm³/mol. The fourth-order valence-electron chi connectivity index (χ4n) is 4.74. The van der Waals surface area contributed by atoms with Crippen LogP contribution >= 0.6 is 0 Å². The fraction of sp³-hybridized carbons (Fsp3) is 0. The lowest BCUT2D eigenvalue weighted by molar-refractivity contribution is 1.60. The van der Waals surface area contributed by atoms with Crippen molar-refractivity contribution in [3.63, 3.8) is 0 Å². The topological polar surface area (TPSA) is 0 Å². The van der Waals surface area contributed by atoms with Crippen LogP contribution in [0, 0.1) is 0 Å². The van der Waals surface area contributed by atoms with Gasteiger partial charge in [0.15, 0.2) is 0 Å². The summed E-state index contributed by atoms with van der Waals surface area (Å²) >= 11 is 0. The molecule has 6 aromatic rings. The van der Waals surface area contributed by atoms with E-state index in [0.29, 0.717) is 9.52 Å². The highest BCUT2D eigenvalue weighted by Crippen LogP contribution is 2.29. The van der Waals surface area contributed by atoms with E-state index in [1.54, 1.807) is 0 Å². The van der Waals surface area contributed by atoms with Crippen LogP contribution in [0.25, 0.3) is 44.8 Å². The van der Waals surface area contributed by atoms with Crippen LogP contribution < -0.4 is 10.4 Å². The molecule has 6 aromatic carbocycles. The lowest BCUT2D eigenvalue weighted by atomic mass is 9.95. The molecule has 0 atom stereocenters. The predicted octanol–water partition coefficient (Wildman–Crippen LogP) is 7.49. The van der Waals surface area contributed by atoms with E-state index in [-0.39, 0.29) is 0 Å². The third-order valence-electron chi connectivity index (χ3n) is 6.48. The van der Waals surface area contributed by atoms with Gasteiger partial charge in [0, 0.05) is 0 Å². The number of rotatable bonds is 5. The number of benzene rings is 6. The molecule has 0 unspecified atom stereocenters. The summed E-state index contributed by atoms with van der Waals surface area (Å²) in [5, 5.41) is 8.08. The van der Waals surface area contributed by atoms with Crippen molar-refractivity contribution < 1.29 is 0 Å². The van der Waals surface area contributed by atoms with Gasteiger partial charge < -0.3 is 0 Å². The summed E-state index contributed by atoms with van der Waals surface area (Å²) in [7, 11) is 0.616. The second-order valence-corrected chi connectivity index (χ2v) is 10.0. The molecular formula is C34H24Si. The lowest BCUT2D eigenvalue weighted by Gasteiger charge is -2.15. The van der Waals surface area contributed by atoms with Crippen molar-refractivity contribution in [1.29, 1.82) is 0 Å². The third kappa shape index (κ3) is 4.34. The van der Waals surface area contributed by atoms with E-state index in [1.807, 2.05) is 0 Å². The van der Waals surface area contributed by atoms with Crippen LogP contribution in [0.3, 0.4) is 0 Å². The van der Waals surface area contributed by atoms with Gasteiger partial charge in [-0.25, -0.2) is 0 Å². The summed E-state index contributed by atoms with van der Waals surface area (Å²) < 4.78 is 0. The average molecular weight is 461 g/mol. The summed E-state index contributed by atoms with van der Waals surface area (Å²) in [5.41, 5.74) is 4.97. The molecule has 0 heterocycles. The molecule has 0 saturated carbocycles. The van der Waals surface area contributed by atoms with Gasteiger partial charge in [-0.15, -0.1) is 0 Å². The van der Waals surface area contributed by atoms with Gasteiger partial charge in [-0.05, 0) is 49.0 Å². The molecule has 0 saturated heterocycles. The summed E-state index contributed by atoms with van der Waals surface area (Å²) in [4.78, 5) is 0. The van der Waals surface area contributed by atoms with Gasteiger partial charge in [0.2, 0.25) is 0 Å². The quantitative estimate of drug-likeness (QED) is 0.142. The van der Waals surface area contributed by atoms with Crippen molar-refractivity contribution in [1.82, 2.24) is 0 Å². The first-order valence-electron chi connectivity index (χ1n) is 12.0. The molecule has 0 aliphatic carbocycles. The van der Waals surface area contributed by atoms with Crippen LogP contribution in [0.5, 0.6) is 0 Å². The van der Waals surface area contributed by atoms with Crippen molar-refractivity contribution >= 4 is 53.6 Å². The molecule has 0 aromatic heterocycles. The minimum Gasteiger partial charge on any atom is -0.0631 e. The van der Waals surface area contributed by atoms with Crippen molar-refractivity contribution in [3.8, 4) is 11.1 Å². The first kappa shape index (κ1) is 21.3. The molecule has 164 valence electrons. The summed E-state index contributed by atoms with van der Waals surface area (Å²) in [6, 6.07) is 47.9. The van der Waals surface area contributed by atoms with Crippen molar-refractivity contribution in [2.45, 2.75) is 0 Å². The van der Waals surface area contributed by atoms with Gasteiger partial charge >= 0.3 is 0 Å². The maximum atomic E-state index is 2.29. The van der Waals surface area contributed by atoms with Crippen LogP contribution in [0.4, 0.5) is 0 Å². The maximum absolute atomic E-state index is 2.29. The van der Waals surface area contributed by atoms with Crippen LogP contribution in [0.15, 0.2) is 133 Å². The molecule has 0 fully saturated rings. The molecular weight excluding hydrogens is 436 g/mol. The Hall–Kier alpha value is -4.20. The normalized spacial score (nSPS) is 11.4. The zero-order valence-corrected chi connectivity index (χ0v) is 20.4. The van der Waals surface area contributed by atoms with E-state index >= 15 is 0 Å². The Morgan fingerprint density at radius 1 is 0.400 bits per heavy atom. The molecule has 6 rings (SSSR count). The number of fused-ring (bicyclic) bond motifs is 2. The first-order valence-corrected chi connectivity index (χ1v) is 13.0. The van der Waals surface area contributed by atoms with Crippen LogP contribution in [0.2, 0.25) is 0 Å². The zero-order chi connectivity index (χ0) is 23.5. The van der Waals surface area contributed by atoms with Gasteiger partial charge in [-0.1, -0.05) is 151 Å². The Balaban J connectivity index is 1.45. The minimum absolute atomic E-state index is 0.616. The van der Waals surface area contributed by atoms with Crippen molar-refractivity contribution in [2.75, 3.05) is 0 Å². The van der Waals surface area contributed by atoms with E-state index in [2.05, 4.69) is 146 Å². The molecule has 0 nitrogen and oxygen atoms in total. The molecule has 0 N–H and O–H groups in total. The highest BCUT2D eigenvalue weighted by molar-refractivity contribution is 6.72. The average Bonchev–Trinajstić information content (AvgIpc) is 2.94. The van der Waals surface area contributed by atoms with Crippen molar-refractivity contribution in [3.05, 3.63) is 145 Å². The monoisotopic (exact) mass is 460 g/mol. The largest absolute Gasteiger partial charge is 0.123 e. The first-order chi connectivity index (χ1) is 17.4. The Morgan fingerprint density at radius 3 is 1.49 bits per heavy atom. The fourth-order valence-corrected chi connectivity index (χ4v) is 6.09. The van der Waals surface area contributed by atoms with Crippen LogP contribution in [-0.2, 0) is 0 Å². The summed E-state index contributed by atoms with van der Waals surface area (Å²) in [6.45, 7) is 0. The Morgan fingerprint density at radius 2 is 0.886 bits per heavy atom. The molecule has 1 heteroatoms. The maximum Gasteiger partial charge on any atom is 0.123 e. The zero-order valence-electron chi connectivity index (χ0n) is 19.4. The SMILES string of the molecule is C(=C\c1c2ccccc2c([Si]c2ccccc2)c2ccccc12)/c1ccc(-c2ccccc2)cc1. The third-order valence-corrected chi connectivity index (χ3v) is 7.89. The summed E-state index contributed by atoms with van der Waals surface area (Å²) in [5.74, 6) is 0. The molecule has 0 bridgehead atoms. The Labute approximate surface area is 209 Å². The van der Waals surface area contributed by atoms with Gasteiger partial charge in [-0.2, -0.15) is 0 Å². The Bertz CT molecular complexity index is 1570. The molecule has 2 radical (unpaired) electrons. The number of hydrogen-bond acceptors (Lipinski definition) is 0. The van der Waals surface area contributed by atoms with Gasteiger partial charge in [0.25, 0.3) is 0 Å². The molecule has 0 spiro atoms. The molecule has 0 aliphatic rings. The second kappa shape index (κ2) is 9.58. The molecule has 35 heavy (non-hydrogen) atoms. The van der Waals surface area contributed by atoms with Crippen LogP contribution in [0.1, 0.15) is 11.1 Å². The molecule has 0 amide bonds.